The summed E-state index contributed by atoms with van der Waals surface area (Å²) in [6.07, 6.45) is 1.96. The van der Waals surface area contributed by atoms with Crippen LogP contribution in [0.1, 0.15) is 36.7 Å². The number of ether oxygens (including phenoxy) is 3. The van der Waals surface area contributed by atoms with Crippen molar-refractivity contribution < 1.29 is 23.8 Å². The summed E-state index contributed by atoms with van der Waals surface area (Å²) in [6.45, 7) is 7.36. The normalized spacial score (nSPS) is 10.4. The van der Waals surface area contributed by atoms with Crippen molar-refractivity contribution in [3.8, 4) is 11.5 Å². The fourth-order valence-electron chi connectivity index (χ4n) is 2.59. The minimum Gasteiger partial charge on any atom is -0.490 e. The van der Waals surface area contributed by atoms with Crippen LogP contribution in [0.3, 0.4) is 0 Å². The number of benzene rings is 1. The van der Waals surface area contributed by atoms with Crippen molar-refractivity contribution >= 4 is 29.5 Å². The molecule has 0 bridgehead atoms. The van der Waals surface area contributed by atoms with E-state index in [1.165, 1.54) is 6.20 Å². The molecule has 10 heteroatoms. The Morgan fingerprint density at radius 1 is 1.10 bits per heavy atom. The number of carbonyl (C=O) groups excluding carboxylic acids is 2. The molecule has 0 aliphatic rings. The number of nitrogens with zero attached hydrogens (tertiary/aromatic N) is 2. The highest BCUT2D eigenvalue weighted by atomic mass is 32.2. The van der Waals surface area contributed by atoms with Crippen molar-refractivity contribution in [1.29, 1.82) is 0 Å². The number of thioether (sulfide) groups is 1. The summed E-state index contributed by atoms with van der Waals surface area (Å²) in [5, 5.41) is 3.17. The van der Waals surface area contributed by atoms with Gasteiger partial charge in [-0.3, -0.25) is 4.79 Å². The monoisotopic (exact) mass is 448 g/mol. The van der Waals surface area contributed by atoms with E-state index in [2.05, 4.69) is 15.3 Å². The van der Waals surface area contributed by atoms with E-state index in [9.17, 15) is 9.59 Å². The third kappa shape index (κ3) is 7.63. The van der Waals surface area contributed by atoms with E-state index in [0.717, 1.165) is 17.3 Å². The molecular weight excluding hydrogens is 420 g/mol. The summed E-state index contributed by atoms with van der Waals surface area (Å²) in [4.78, 5) is 32.0. The highest BCUT2D eigenvalue weighted by Gasteiger charge is 2.14. The van der Waals surface area contributed by atoms with Gasteiger partial charge in [0.1, 0.15) is 11.4 Å². The summed E-state index contributed by atoms with van der Waals surface area (Å²) in [5.74, 6) is 0.836. The maximum absolute atomic E-state index is 12.1. The molecule has 0 spiro atoms. The zero-order valence-corrected chi connectivity index (χ0v) is 18.8. The maximum Gasteiger partial charge on any atom is 0.343 e. The van der Waals surface area contributed by atoms with Crippen LogP contribution < -0.4 is 20.5 Å². The zero-order valence-electron chi connectivity index (χ0n) is 18.0. The minimum absolute atomic E-state index is 0.0250. The van der Waals surface area contributed by atoms with Crippen LogP contribution in [0.25, 0.3) is 0 Å². The smallest absolute Gasteiger partial charge is 0.343 e. The predicted octanol–water partition coefficient (Wildman–Crippen LogP) is 2.48. The van der Waals surface area contributed by atoms with Gasteiger partial charge in [0.2, 0.25) is 5.91 Å². The fraction of sp³-hybridized carbons (Fsp3) is 0.429. The first-order chi connectivity index (χ1) is 15.0. The Balaban J connectivity index is 1.81. The van der Waals surface area contributed by atoms with Gasteiger partial charge >= 0.3 is 5.97 Å². The van der Waals surface area contributed by atoms with Crippen LogP contribution in [0, 0.1) is 0 Å². The molecule has 1 aromatic carbocycles. The average molecular weight is 449 g/mol. The van der Waals surface area contributed by atoms with Gasteiger partial charge in [0.25, 0.3) is 0 Å². The van der Waals surface area contributed by atoms with Crippen molar-refractivity contribution in [2.24, 2.45) is 0 Å². The molecule has 1 amide bonds. The summed E-state index contributed by atoms with van der Waals surface area (Å²) in [6, 6.07) is 5.76. The molecule has 0 saturated carbocycles. The standard InChI is InChI=1S/C21H28N4O5S/c1-4-28-16-8-7-14(11-17(16)29-5-2)9-10-23-18(26)13-31-21-24-12-15(19(22)25-21)20(27)30-6-3/h7-8,11-12H,4-6,9-10,13H2,1-3H3,(H,23,26)(H2,22,24,25). The summed E-state index contributed by atoms with van der Waals surface area (Å²) >= 11 is 1.14. The minimum atomic E-state index is -0.573. The predicted molar refractivity (Wildman–Crippen MR) is 119 cm³/mol. The number of esters is 1. The van der Waals surface area contributed by atoms with Crippen LogP contribution in [0.2, 0.25) is 0 Å². The number of carbonyl (C=O) groups is 2. The van der Waals surface area contributed by atoms with E-state index < -0.39 is 5.97 Å². The van der Waals surface area contributed by atoms with Crippen LogP contribution in [0.15, 0.2) is 29.6 Å². The molecule has 2 rings (SSSR count). The number of hydrogen-bond acceptors (Lipinski definition) is 9. The van der Waals surface area contributed by atoms with Crippen molar-refractivity contribution in [2.45, 2.75) is 32.3 Å². The number of hydrogen-bond donors (Lipinski definition) is 2. The lowest BCUT2D eigenvalue weighted by Crippen LogP contribution is -2.27. The molecule has 168 valence electrons. The number of nitrogens with one attached hydrogen (secondary N) is 1. The summed E-state index contributed by atoms with van der Waals surface area (Å²) < 4.78 is 16.1. The van der Waals surface area contributed by atoms with Crippen LogP contribution in [-0.2, 0) is 16.0 Å². The number of nitrogen functional groups attached to an aromatic ring is 1. The fourth-order valence-corrected chi connectivity index (χ4v) is 3.24. The number of aromatic nitrogens is 2. The molecule has 0 aliphatic carbocycles. The van der Waals surface area contributed by atoms with Gasteiger partial charge in [-0.1, -0.05) is 17.8 Å². The van der Waals surface area contributed by atoms with E-state index in [1.54, 1.807) is 6.92 Å². The molecule has 0 unspecified atom stereocenters. The van der Waals surface area contributed by atoms with Crippen molar-refractivity contribution in [2.75, 3.05) is 37.9 Å². The van der Waals surface area contributed by atoms with Crippen LogP contribution in [-0.4, -0.2) is 54.0 Å². The second kappa shape index (κ2) is 12.6. The molecule has 2 aromatic rings. The molecule has 0 atom stereocenters. The highest BCUT2D eigenvalue weighted by Crippen LogP contribution is 2.28. The molecule has 1 aromatic heterocycles. The van der Waals surface area contributed by atoms with Gasteiger partial charge in [0.15, 0.2) is 16.7 Å². The first-order valence-corrected chi connectivity index (χ1v) is 11.0. The topological polar surface area (TPSA) is 126 Å². The maximum atomic E-state index is 12.1. The Hall–Kier alpha value is -3.01. The lowest BCUT2D eigenvalue weighted by atomic mass is 10.1. The van der Waals surface area contributed by atoms with Gasteiger partial charge in [-0.2, -0.15) is 0 Å². The Morgan fingerprint density at radius 3 is 2.52 bits per heavy atom. The molecule has 9 nitrogen and oxygen atoms in total. The molecule has 3 N–H and O–H groups in total. The van der Waals surface area contributed by atoms with E-state index in [0.29, 0.717) is 42.8 Å². The molecule has 31 heavy (non-hydrogen) atoms. The molecular formula is C21H28N4O5S. The Bertz CT molecular complexity index is 894. The van der Waals surface area contributed by atoms with E-state index >= 15 is 0 Å². The quantitative estimate of drug-likeness (QED) is 0.286. The van der Waals surface area contributed by atoms with E-state index in [-0.39, 0.29) is 29.6 Å². The van der Waals surface area contributed by atoms with Crippen molar-refractivity contribution in [1.82, 2.24) is 15.3 Å². The molecule has 0 saturated heterocycles. The van der Waals surface area contributed by atoms with Crippen molar-refractivity contribution in [3.63, 3.8) is 0 Å². The summed E-state index contributed by atoms with van der Waals surface area (Å²) in [7, 11) is 0. The third-order valence-electron chi connectivity index (χ3n) is 3.97. The van der Waals surface area contributed by atoms with Gasteiger partial charge in [-0.05, 0) is 44.9 Å². The number of nitrogens with two attached hydrogens (primary N) is 1. The third-order valence-corrected chi connectivity index (χ3v) is 4.83. The Labute approximate surface area is 186 Å². The van der Waals surface area contributed by atoms with Gasteiger partial charge in [-0.25, -0.2) is 14.8 Å². The number of anilines is 1. The number of rotatable bonds is 12. The Kier molecular flexibility index (Phi) is 9.89. The van der Waals surface area contributed by atoms with E-state index in [1.807, 2.05) is 32.0 Å². The molecule has 0 aliphatic heterocycles. The first kappa shape index (κ1) is 24.3. The first-order valence-electron chi connectivity index (χ1n) is 10.1. The van der Waals surface area contributed by atoms with Gasteiger partial charge in [0, 0.05) is 12.7 Å². The van der Waals surface area contributed by atoms with Crippen LogP contribution in [0.4, 0.5) is 5.82 Å². The van der Waals surface area contributed by atoms with Crippen LogP contribution >= 0.6 is 11.8 Å². The van der Waals surface area contributed by atoms with E-state index in [4.69, 9.17) is 19.9 Å². The average Bonchev–Trinajstić information content (AvgIpc) is 2.74. The largest absolute Gasteiger partial charge is 0.490 e. The van der Waals surface area contributed by atoms with Crippen molar-refractivity contribution in [3.05, 3.63) is 35.5 Å². The highest BCUT2D eigenvalue weighted by molar-refractivity contribution is 7.99. The lowest BCUT2D eigenvalue weighted by molar-refractivity contribution is -0.118. The van der Waals surface area contributed by atoms with Gasteiger partial charge < -0.3 is 25.3 Å². The molecule has 0 radical (unpaired) electrons. The zero-order chi connectivity index (χ0) is 22.6. The molecule has 0 fully saturated rings. The second-order valence-corrected chi connectivity index (χ2v) is 7.15. The molecule has 1 heterocycles. The SMILES string of the molecule is CCOC(=O)c1cnc(SCC(=O)NCCc2ccc(OCC)c(OCC)c2)nc1N. The Morgan fingerprint density at radius 2 is 1.84 bits per heavy atom. The second-order valence-electron chi connectivity index (χ2n) is 6.21. The summed E-state index contributed by atoms with van der Waals surface area (Å²) in [5.41, 5.74) is 6.92. The lowest BCUT2D eigenvalue weighted by Gasteiger charge is -2.12. The number of amides is 1. The van der Waals surface area contributed by atoms with Gasteiger partial charge in [0.05, 0.1) is 25.6 Å². The van der Waals surface area contributed by atoms with Gasteiger partial charge in [-0.15, -0.1) is 0 Å². The van der Waals surface area contributed by atoms with Crippen LogP contribution in [0.5, 0.6) is 11.5 Å².